The zero-order valence-electron chi connectivity index (χ0n) is 29.5. The van der Waals surface area contributed by atoms with Crippen molar-refractivity contribution in [3.63, 3.8) is 0 Å². The first-order valence-corrected chi connectivity index (χ1v) is 17.7. The van der Waals surface area contributed by atoms with Gasteiger partial charge >= 0.3 is 21.1 Å². The first kappa shape index (κ1) is 32.6. The van der Waals surface area contributed by atoms with Gasteiger partial charge in [0.2, 0.25) is 0 Å². The maximum Gasteiger partial charge on any atom is 2.00 e. The number of pyridine rings is 3. The molecule has 9 aromatic rings. The zero-order chi connectivity index (χ0) is 34.6. The number of aryl methyl sites for hydroxylation is 1. The number of aromatic nitrogens is 5. The van der Waals surface area contributed by atoms with Gasteiger partial charge in [0.15, 0.2) is 0 Å². The van der Waals surface area contributed by atoms with Crippen molar-refractivity contribution in [1.29, 1.82) is 0 Å². The molecule has 1 aliphatic rings. The Kier molecular flexibility index (Phi) is 7.43. The van der Waals surface area contributed by atoms with E-state index in [1.165, 1.54) is 27.6 Å². The molecule has 7 heteroatoms. The quantitative estimate of drug-likeness (QED) is 0.128. The predicted octanol–water partition coefficient (Wildman–Crippen LogP) is 10.8. The standard InChI is InChI=1S/C45H35N5O.Pt/c1-26(2)45(27(3)4)36-14-8-13-34-32-19-17-30(24-40(32)50(42(34)36)44-37(45)15-9-22-47-44)51-29-18-20-33-35(23-29)43-48-38(31-12-7-6-11-28(31)5)25-49(43)39-16-10-21-46-41(33)39;/h6-22,25-27H,1-5H3;/q-2;+2. The molecule has 0 saturated carbocycles. The monoisotopic (exact) mass is 856 g/mol. The topological polar surface area (TPSA) is 57.2 Å². The Balaban J connectivity index is 0.00000360. The van der Waals surface area contributed by atoms with E-state index in [2.05, 4.69) is 135 Å². The molecule has 0 saturated heterocycles. The Hall–Kier alpha value is -5.32. The van der Waals surface area contributed by atoms with Gasteiger partial charge in [-0.2, -0.15) is 6.07 Å². The minimum atomic E-state index is -0.177. The number of imidazole rings is 1. The van der Waals surface area contributed by atoms with Crippen LogP contribution in [-0.4, -0.2) is 23.9 Å². The summed E-state index contributed by atoms with van der Waals surface area (Å²) in [6.45, 7) is 11.5. The summed E-state index contributed by atoms with van der Waals surface area (Å²) < 4.78 is 11.0. The second-order valence-corrected chi connectivity index (χ2v) is 14.4. The van der Waals surface area contributed by atoms with Gasteiger partial charge < -0.3 is 13.7 Å². The summed E-state index contributed by atoms with van der Waals surface area (Å²) in [5.74, 6) is 2.90. The van der Waals surface area contributed by atoms with E-state index in [-0.39, 0.29) is 26.5 Å². The van der Waals surface area contributed by atoms with Crippen molar-refractivity contribution >= 4 is 49.3 Å². The molecule has 6 heterocycles. The number of hydrogen-bond donors (Lipinski definition) is 0. The second kappa shape index (κ2) is 11.9. The molecule has 5 aromatic heterocycles. The van der Waals surface area contributed by atoms with E-state index in [0.717, 1.165) is 55.4 Å². The molecule has 1 aliphatic heterocycles. The minimum Gasteiger partial charge on any atom is -0.503 e. The summed E-state index contributed by atoms with van der Waals surface area (Å²) in [5, 5.41) is 4.16. The SMILES string of the molecule is Cc1ccccc1-c1cn2c3cccnc3c3ccc(Oc4[c-]c5c(cc4)c4cccc6c4n5-c4ncccc4C6(C(C)C)C(C)C)[c-]c3c2n1.[Pt+2]. The molecule has 0 unspecified atom stereocenters. The number of ether oxygens (including phenoxy) is 1. The van der Waals surface area contributed by atoms with Gasteiger partial charge in [0, 0.05) is 52.1 Å². The average Bonchev–Trinajstić information content (AvgIpc) is 3.73. The maximum absolute atomic E-state index is 6.61. The zero-order valence-corrected chi connectivity index (χ0v) is 31.8. The van der Waals surface area contributed by atoms with Crippen molar-refractivity contribution in [2.75, 3.05) is 0 Å². The molecule has 0 aliphatic carbocycles. The Morgan fingerprint density at radius 2 is 1.44 bits per heavy atom. The van der Waals surface area contributed by atoms with Crippen molar-refractivity contribution in [2.45, 2.75) is 40.0 Å². The fourth-order valence-electron chi connectivity index (χ4n) is 9.09. The molecule has 0 fully saturated rings. The van der Waals surface area contributed by atoms with Crippen LogP contribution in [0.25, 0.3) is 66.3 Å². The number of nitrogens with zero attached hydrogens (tertiary/aromatic N) is 5. The fourth-order valence-corrected chi connectivity index (χ4v) is 9.09. The summed E-state index contributed by atoms with van der Waals surface area (Å²) >= 11 is 0. The van der Waals surface area contributed by atoms with E-state index in [1.54, 1.807) is 0 Å². The van der Waals surface area contributed by atoms with E-state index < -0.39 is 0 Å². The van der Waals surface area contributed by atoms with Gasteiger partial charge in [0.25, 0.3) is 0 Å². The molecule has 52 heavy (non-hydrogen) atoms. The van der Waals surface area contributed by atoms with Gasteiger partial charge in [-0.3, -0.25) is 9.97 Å². The van der Waals surface area contributed by atoms with Crippen molar-refractivity contribution in [3.8, 4) is 28.6 Å². The molecule has 0 N–H and O–H groups in total. The summed E-state index contributed by atoms with van der Waals surface area (Å²) in [7, 11) is 0. The van der Waals surface area contributed by atoms with Crippen LogP contribution >= 0.6 is 0 Å². The predicted molar refractivity (Wildman–Crippen MR) is 205 cm³/mol. The molecule has 256 valence electrons. The van der Waals surface area contributed by atoms with E-state index >= 15 is 0 Å². The maximum atomic E-state index is 6.61. The second-order valence-electron chi connectivity index (χ2n) is 14.4. The summed E-state index contributed by atoms with van der Waals surface area (Å²) in [6.07, 6.45) is 5.83. The van der Waals surface area contributed by atoms with E-state index in [4.69, 9.17) is 19.7 Å². The Bertz CT molecular complexity index is 2870. The van der Waals surface area contributed by atoms with Crippen LogP contribution in [0.1, 0.15) is 44.4 Å². The molecule has 10 rings (SSSR count). The number of rotatable bonds is 5. The van der Waals surface area contributed by atoms with Gasteiger partial charge in [0.1, 0.15) is 5.82 Å². The molecular weight excluding hydrogens is 822 g/mol. The van der Waals surface area contributed by atoms with Gasteiger partial charge in [-0.1, -0.05) is 105 Å². The largest absolute Gasteiger partial charge is 2.00 e. The normalized spacial score (nSPS) is 13.4. The molecule has 4 aromatic carbocycles. The molecule has 0 radical (unpaired) electrons. The summed E-state index contributed by atoms with van der Waals surface area (Å²) in [4.78, 5) is 15.0. The molecule has 6 nitrogen and oxygen atoms in total. The number of hydrogen-bond acceptors (Lipinski definition) is 4. The molecule has 0 spiro atoms. The Morgan fingerprint density at radius 1 is 0.712 bits per heavy atom. The molecular formula is C45H35N5OPt. The van der Waals surface area contributed by atoms with Crippen LogP contribution in [0.5, 0.6) is 11.5 Å². The van der Waals surface area contributed by atoms with Gasteiger partial charge in [-0.25, -0.2) is 4.98 Å². The summed E-state index contributed by atoms with van der Waals surface area (Å²) in [6, 6.07) is 38.9. The van der Waals surface area contributed by atoms with Gasteiger partial charge in [0.05, 0.1) is 22.4 Å². The van der Waals surface area contributed by atoms with Crippen LogP contribution < -0.4 is 4.74 Å². The first-order chi connectivity index (χ1) is 24.9. The third-order valence-electron chi connectivity index (χ3n) is 11.2. The van der Waals surface area contributed by atoms with Crippen molar-refractivity contribution in [1.82, 2.24) is 23.9 Å². The van der Waals surface area contributed by atoms with Crippen LogP contribution in [0.15, 0.2) is 110 Å². The van der Waals surface area contributed by atoms with Crippen LogP contribution in [-0.2, 0) is 26.5 Å². The van der Waals surface area contributed by atoms with Gasteiger partial charge in [-0.05, 0) is 53.5 Å². The first-order valence-electron chi connectivity index (χ1n) is 17.7. The van der Waals surface area contributed by atoms with Crippen molar-refractivity contribution in [2.24, 2.45) is 11.8 Å². The average molecular weight is 857 g/mol. The number of benzene rings is 4. The van der Waals surface area contributed by atoms with Crippen LogP contribution in [0.4, 0.5) is 0 Å². The molecule has 0 atom stereocenters. The smallest absolute Gasteiger partial charge is 0.503 e. The van der Waals surface area contributed by atoms with E-state index in [1.807, 2.05) is 30.6 Å². The van der Waals surface area contributed by atoms with Crippen molar-refractivity contribution < 1.29 is 25.8 Å². The van der Waals surface area contributed by atoms with Crippen LogP contribution in [0, 0.1) is 30.9 Å². The summed E-state index contributed by atoms with van der Waals surface area (Å²) in [5.41, 5.74) is 10.5. The number of para-hydroxylation sites is 1. The van der Waals surface area contributed by atoms with Crippen LogP contribution in [0.2, 0.25) is 0 Å². The van der Waals surface area contributed by atoms with Gasteiger partial charge in [-0.15, -0.1) is 23.6 Å². The molecule has 0 bridgehead atoms. The minimum absolute atomic E-state index is 0. The van der Waals surface area contributed by atoms with E-state index in [9.17, 15) is 0 Å². The third-order valence-corrected chi connectivity index (χ3v) is 11.2. The van der Waals surface area contributed by atoms with Crippen LogP contribution in [0.3, 0.4) is 0 Å². The Labute approximate surface area is 316 Å². The molecule has 0 amide bonds. The van der Waals surface area contributed by atoms with E-state index in [0.29, 0.717) is 23.3 Å². The van der Waals surface area contributed by atoms with Crippen molar-refractivity contribution in [3.05, 3.63) is 138 Å². The Morgan fingerprint density at radius 3 is 2.25 bits per heavy atom. The third kappa shape index (κ3) is 4.37. The number of fused-ring (bicyclic) bond motifs is 11. The fraction of sp³-hybridized carbons (Fsp3) is 0.178.